The van der Waals surface area contributed by atoms with Crippen molar-refractivity contribution in [3.05, 3.63) is 35.4 Å². The summed E-state index contributed by atoms with van der Waals surface area (Å²) in [6, 6.07) is 2.75. The largest absolute Gasteiger partial charge is 0.480 e. The van der Waals surface area contributed by atoms with Crippen LogP contribution in [0.25, 0.3) is 0 Å². The van der Waals surface area contributed by atoms with Gasteiger partial charge in [-0.3, -0.25) is 19.2 Å². The number of carboxylic acids is 1. The van der Waals surface area contributed by atoms with Gasteiger partial charge in [0.05, 0.1) is 6.04 Å². The van der Waals surface area contributed by atoms with Gasteiger partial charge in [-0.2, -0.15) is 0 Å². The minimum Gasteiger partial charge on any atom is -0.480 e. The van der Waals surface area contributed by atoms with Gasteiger partial charge in [-0.1, -0.05) is 78.1 Å². The predicted octanol–water partition coefficient (Wildman–Crippen LogP) is 2.17. The molecular formula is C34H49N5O7. The monoisotopic (exact) mass is 639 g/mol. The van der Waals surface area contributed by atoms with Crippen molar-refractivity contribution in [1.29, 1.82) is 0 Å². The van der Waals surface area contributed by atoms with Gasteiger partial charge in [0.25, 0.3) is 5.91 Å². The fourth-order valence-corrected chi connectivity index (χ4v) is 6.93. The minimum absolute atomic E-state index is 0.0239. The molecular weight excluding hydrogens is 590 g/mol. The lowest BCUT2D eigenvalue weighted by molar-refractivity contribution is -0.143. The number of primary amides is 1. The van der Waals surface area contributed by atoms with Gasteiger partial charge in [-0.25, -0.2) is 9.59 Å². The first-order valence-corrected chi connectivity index (χ1v) is 16.4. The first-order chi connectivity index (χ1) is 21.6. The van der Waals surface area contributed by atoms with Crippen molar-refractivity contribution in [3.8, 4) is 0 Å². The number of Topliss-reactive ketones (excluding diaryl/α,β-unsaturated/α-hetero) is 1. The second-order valence-corrected chi connectivity index (χ2v) is 14.7. The number of aliphatic carboxylic acids is 1. The van der Waals surface area contributed by atoms with Gasteiger partial charge >= 0.3 is 12.0 Å². The zero-order valence-electron chi connectivity index (χ0n) is 27.5. The number of urea groups is 1. The molecule has 46 heavy (non-hydrogen) atoms. The van der Waals surface area contributed by atoms with E-state index in [0.717, 1.165) is 30.4 Å². The number of fused-ring (bicyclic) bond motifs is 1. The lowest BCUT2D eigenvalue weighted by atomic mass is 9.80. The number of carbonyl (C=O) groups excluding carboxylic acids is 5. The van der Waals surface area contributed by atoms with Crippen LogP contribution in [0.1, 0.15) is 77.8 Å². The van der Waals surface area contributed by atoms with E-state index >= 15 is 0 Å². The van der Waals surface area contributed by atoms with E-state index in [1.165, 1.54) is 4.90 Å². The Labute approximate surface area is 270 Å². The second kappa shape index (κ2) is 14.2. The van der Waals surface area contributed by atoms with Gasteiger partial charge in [-0.15, -0.1) is 0 Å². The number of nitrogens with one attached hydrogen (secondary N) is 3. The highest BCUT2D eigenvalue weighted by Crippen LogP contribution is 2.35. The molecule has 0 aromatic heterocycles. The van der Waals surface area contributed by atoms with Gasteiger partial charge in [0, 0.05) is 6.54 Å². The fourth-order valence-electron chi connectivity index (χ4n) is 6.93. The number of carbonyl (C=O) groups is 6. The predicted molar refractivity (Wildman–Crippen MR) is 170 cm³/mol. The first kappa shape index (κ1) is 34.9. The lowest BCUT2D eigenvalue weighted by Gasteiger charge is -2.34. The van der Waals surface area contributed by atoms with Crippen LogP contribution < -0.4 is 21.7 Å². The minimum atomic E-state index is -1.21. The molecule has 1 saturated heterocycles. The third-order valence-electron chi connectivity index (χ3n) is 10.0. The molecule has 1 aliphatic heterocycles. The molecule has 1 heterocycles. The highest BCUT2D eigenvalue weighted by atomic mass is 16.4. The highest BCUT2D eigenvalue weighted by Gasteiger charge is 2.46. The Balaban J connectivity index is 1.61. The van der Waals surface area contributed by atoms with Crippen LogP contribution in [0.4, 0.5) is 4.79 Å². The molecule has 12 heteroatoms. The molecule has 1 aromatic rings. The fraction of sp³-hybridized carbons (Fsp3) is 0.647. The Morgan fingerprint density at radius 3 is 2.04 bits per heavy atom. The summed E-state index contributed by atoms with van der Waals surface area (Å²) in [6.45, 7) is 9.39. The maximum absolute atomic E-state index is 14.5. The Morgan fingerprint density at radius 1 is 0.957 bits per heavy atom. The molecule has 2 aliphatic carbocycles. The maximum Gasteiger partial charge on any atom is 0.326 e. The quantitative estimate of drug-likeness (QED) is 0.217. The normalized spacial score (nSPS) is 21.9. The van der Waals surface area contributed by atoms with Crippen LogP contribution >= 0.6 is 0 Å². The third kappa shape index (κ3) is 8.06. The molecule has 4 rings (SSSR count). The van der Waals surface area contributed by atoms with Gasteiger partial charge in [0.1, 0.15) is 18.1 Å². The molecule has 12 nitrogen and oxygen atoms in total. The van der Waals surface area contributed by atoms with Crippen molar-refractivity contribution in [2.45, 2.75) is 104 Å². The van der Waals surface area contributed by atoms with Crippen LogP contribution in [0.3, 0.4) is 0 Å². The van der Waals surface area contributed by atoms with E-state index in [1.807, 2.05) is 38.1 Å². The van der Waals surface area contributed by atoms with E-state index in [-0.39, 0.29) is 30.2 Å². The molecule has 1 aromatic carbocycles. The SMILES string of the molecule is CC(C)[C@@H]1C[C@@H](C(=O)NC(CC2CCC2)C(=O)C(N)=O)N(C(=O)[C@@H](NC(=O)N[C@H](C(=O)O)C(C)(C)C)C2Cc3ccccc3C2)C1. The number of hydrogen-bond acceptors (Lipinski definition) is 6. The number of benzene rings is 1. The van der Waals surface area contributed by atoms with E-state index in [4.69, 9.17) is 5.73 Å². The average Bonchev–Trinajstić information content (AvgIpc) is 3.59. The van der Waals surface area contributed by atoms with Gasteiger partial charge < -0.3 is 31.7 Å². The molecule has 0 spiro atoms. The number of amides is 5. The Bertz CT molecular complexity index is 1330. The molecule has 1 saturated carbocycles. The van der Waals surface area contributed by atoms with Crippen molar-refractivity contribution in [3.63, 3.8) is 0 Å². The molecule has 252 valence electrons. The smallest absolute Gasteiger partial charge is 0.326 e. The summed E-state index contributed by atoms with van der Waals surface area (Å²) in [4.78, 5) is 79.8. The molecule has 1 unspecified atom stereocenters. The number of likely N-dealkylation sites (tertiary alicyclic amines) is 1. The van der Waals surface area contributed by atoms with Crippen molar-refractivity contribution >= 4 is 35.5 Å². The number of nitrogens with zero attached hydrogens (tertiary/aromatic N) is 1. The zero-order valence-corrected chi connectivity index (χ0v) is 27.5. The molecule has 2 fully saturated rings. The van der Waals surface area contributed by atoms with E-state index in [9.17, 15) is 33.9 Å². The second-order valence-electron chi connectivity index (χ2n) is 14.7. The summed E-state index contributed by atoms with van der Waals surface area (Å²) in [7, 11) is 0. The van der Waals surface area contributed by atoms with Gasteiger partial charge in [-0.05, 0) is 65.9 Å². The summed E-state index contributed by atoms with van der Waals surface area (Å²) in [6.07, 6.45) is 4.52. The van der Waals surface area contributed by atoms with E-state index < -0.39 is 65.1 Å². The summed E-state index contributed by atoms with van der Waals surface area (Å²) in [5, 5.41) is 17.9. The van der Waals surface area contributed by atoms with Crippen LogP contribution in [0.5, 0.6) is 0 Å². The number of hydrogen-bond donors (Lipinski definition) is 5. The van der Waals surface area contributed by atoms with Crippen molar-refractivity contribution in [1.82, 2.24) is 20.9 Å². The van der Waals surface area contributed by atoms with E-state index in [0.29, 0.717) is 25.7 Å². The summed E-state index contributed by atoms with van der Waals surface area (Å²) < 4.78 is 0. The number of nitrogens with two attached hydrogens (primary N) is 1. The first-order valence-electron chi connectivity index (χ1n) is 16.4. The maximum atomic E-state index is 14.5. The molecule has 0 radical (unpaired) electrons. The van der Waals surface area contributed by atoms with Crippen LogP contribution in [0.15, 0.2) is 24.3 Å². The third-order valence-corrected chi connectivity index (χ3v) is 10.0. The van der Waals surface area contributed by atoms with Crippen LogP contribution in [0.2, 0.25) is 0 Å². The van der Waals surface area contributed by atoms with E-state index in [1.54, 1.807) is 20.8 Å². The molecule has 6 N–H and O–H groups in total. The zero-order chi connectivity index (χ0) is 33.9. The number of carboxylic acid groups (broad SMARTS) is 1. The Kier molecular flexibility index (Phi) is 10.8. The van der Waals surface area contributed by atoms with Gasteiger partial charge in [0.15, 0.2) is 0 Å². The molecule has 5 atom stereocenters. The van der Waals surface area contributed by atoms with Crippen LogP contribution in [-0.4, -0.2) is 76.2 Å². The van der Waals surface area contributed by atoms with Crippen molar-refractivity contribution in [2.75, 3.05) is 6.54 Å². The molecule has 3 aliphatic rings. The van der Waals surface area contributed by atoms with Crippen LogP contribution in [0, 0.1) is 29.1 Å². The van der Waals surface area contributed by atoms with Crippen LogP contribution in [-0.2, 0) is 36.8 Å². The topological polar surface area (TPSA) is 188 Å². The average molecular weight is 640 g/mol. The van der Waals surface area contributed by atoms with Gasteiger partial charge in [0.2, 0.25) is 17.6 Å². The number of ketones is 1. The number of rotatable bonds is 12. The lowest BCUT2D eigenvalue weighted by Crippen LogP contribution is -2.60. The standard InChI is InChI=1S/C34H49N5O7/c1-18(2)23-16-25(30(42)36-24(27(40)29(35)41)13-19-9-8-10-19)39(17-23)31(43)26(22-14-20-11-6-7-12-21(20)15-22)37-33(46)38-28(32(44)45)34(3,4)5/h6-7,11-12,18-19,22-26,28H,8-10,13-17H2,1-5H3,(H2,35,41)(H,36,42)(H,44,45)(H2,37,38,46)/t23-,24?,25+,26+,28-/m1/s1. The summed E-state index contributed by atoms with van der Waals surface area (Å²) in [5.74, 6) is -4.17. The Morgan fingerprint density at radius 2 is 1.57 bits per heavy atom. The molecule has 0 bridgehead atoms. The summed E-state index contributed by atoms with van der Waals surface area (Å²) >= 11 is 0. The van der Waals surface area contributed by atoms with E-state index in [2.05, 4.69) is 16.0 Å². The van der Waals surface area contributed by atoms with Crippen molar-refractivity contribution < 1.29 is 33.9 Å². The highest BCUT2D eigenvalue weighted by molar-refractivity contribution is 6.37. The molecule has 5 amide bonds. The Hall–Kier alpha value is -3.96. The summed E-state index contributed by atoms with van der Waals surface area (Å²) in [5.41, 5.74) is 6.65. The van der Waals surface area contributed by atoms with Crippen molar-refractivity contribution in [2.24, 2.45) is 34.8 Å².